The Hall–Kier alpha value is -2.23. The van der Waals surface area contributed by atoms with Gasteiger partial charge in [-0.25, -0.2) is 0 Å². The third-order valence-corrected chi connectivity index (χ3v) is 6.53. The van der Waals surface area contributed by atoms with Crippen LogP contribution < -0.4 is 4.74 Å². The largest absolute Gasteiger partial charge is 0.485 e. The summed E-state index contributed by atoms with van der Waals surface area (Å²) in [5, 5.41) is 15.1. The predicted octanol–water partition coefficient (Wildman–Crippen LogP) is 6.32. The predicted molar refractivity (Wildman–Crippen MR) is 120 cm³/mol. The lowest BCUT2D eigenvalue weighted by molar-refractivity contribution is 0.300. The fourth-order valence-electron chi connectivity index (χ4n) is 3.25. The van der Waals surface area contributed by atoms with Crippen molar-refractivity contribution in [2.75, 3.05) is 0 Å². The number of rotatable bonds is 4. The summed E-state index contributed by atoms with van der Waals surface area (Å²) in [5.74, 6) is 2.08. The minimum atomic E-state index is 0.341. The van der Waals surface area contributed by atoms with Crippen molar-refractivity contribution in [3.63, 3.8) is 0 Å². The summed E-state index contributed by atoms with van der Waals surface area (Å²) >= 11 is 8.49. The van der Waals surface area contributed by atoms with Crippen molar-refractivity contribution in [3.05, 3.63) is 61.5 Å². The van der Waals surface area contributed by atoms with Gasteiger partial charge in [0, 0.05) is 15.4 Å². The highest BCUT2D eigenvalue weighted by Crippen LogP contribution is 2.34. The summed E-state index contributed by atoms with van der Waals surface area (Å²) in [4.78, 5) is 0.699. The first-order valence-electron chi connectivity index (χ1n) is 8.79. The van der Waals surface area contributed by atoms with Crippen LogP contribution in [0.25, 0.3) is 27.5 Å². The summed E-state index contributed by atoms with van der Waals surface area (Å²) in [5.41, 5.74) is 2.88. The van der Waals surface area contributed by atoms with E-state index >= 15 is 0 Å². The van der Waals surface area contributed by atoms with Crippen LogP contribution in [0, 0.1) is 13.8 Å². The molecule has 5 rings (SSSR count). The molecule has 0 aliphatic carbocycles. The SMILES string of the molecule is Cc1cc(Br)cc(Br)c1OCc1nn2c(-c3oc4ccccc4c3C)nnc2s1. The lowest BCUT2D eigenvalue weighted by Gasteiger charge is -2.10. The van der Waals surface area contributed by atoms with Gasteiger partial charge in [0.15, 0.2) is 10.8 Å². The molecule has 3 heterocycles. The number of fused-ring (bicyclic) bond motifs is 2. The van der Waals surface area contributed by atoms with Crippen molar-refractivity contribution in [1.29, 1.82) is 0 Å². The molecule has 6 nitrogen and oxygen atoms in total. The molecule has 0 atom stereocenters. The number of aromatic nitrogens is 4. The number of hydrogen-bond acceptors (Lipinski definition) is 6. The second-order valence-electron chi connectivity index (χ2n) is 6.59. The highest BCUT2D eigenvalue weighted by molar-refractivity contribution is 9.11. The van der Waals surface area contributed by atoms with Gasteiger partial charge in [-0.05, 0) is 53.5 Å². The minimum absolute atomic E-state index is 0.341. The number of halogens is 2. The molecule has 146 valence electrons. The lowest BCUT2D eigenvalue weighted by atomic mass is 10.1. The third-order valence-electron chi connectivity index (χ3n) is 4.61. The molecule has 2 aromatic carbocycles. The molecule has 0 amide bonds. The van der Waals surface area contributed by atoms with Gasteiger partial charge in [-0.3, -0.25) is 0 Å². The number of benzene rings is 2. The molecular weight excluding hydrogens is 520 g/mol. The number of furan rings is 1. The zero-order valence-corrected chi connectivity index (χ0v) is 19.4. The summed E-state index contributed by atoms with van der Waals surface area (Å²) in [6.45, 7) is 4.37. The molecule has 3 aromatic heterocycles. The van der Waals surface area contributed by atoms with Crippen molar-refractivity contribution in [1.82, 2.24) is 19.8 Å². The maximum Gasteiger partial charge on any atom is 0.235 e. The zero-order chi connectivity index (χ0) is 20.1. The van der Waals surface area contributed by atoms with E-state index in [1.165, 1.54) is 11.3 Å². The Balaban J connectivity index is 1.48. The van der Waals surface area contributed by atoms with Gasteiger partial charge in [0.25, 0.3) is 0 Å². The Morgan fingerprint density at radius 1 is 1.14 bits per heavy atom. The van der Waals surface area contributed by atoms with Gasteiger partial charge < -0.3 is 9.15 Å². The number of ether oxygens (including phenoxy) is 1. The summed E-state index contributed by atoms with van der Waals surface area (Å²) < 4.78 is 15.7. The van der Waals surface area contributed by atoms with Gasteiger partial charge in [-0.2, -0.15) is 9.61 Å². The molecule has 0 N–H and O–H groups in total. The zero-order valence-electron chi connectivity index (χ0n) is 15.4. The van der Waals surface area contributed by atoms with Crippen LogP contribution in [0.3, 0.4) is 0 Å². The Kier molecular flexibility index (Phi) is 4.68. The number of hydrogen-bond donors (Lipinski definition) is 0. The Labute approximate surface area is 186 Å². The van der Waals surface area contributed by atoms with Crippen LogP contribution in [-0.2, 0) is 6.61 Å². The first-order valence-corrected chi connectivity index (χ1v) is 11.2. The fraction of sp³-hybridized carbons (Fsp3) is 0.150. The van der Waals surface area contributed by atoms with Gasteiger partial charge >= 0.3 is 0 Å². The van der Waals surface area contributed by atoms with E-state index in [2.05, 4.69) is 47.2 Å². The van der Waals surface area contributed by atoms with Gasteiger partial charge in [0.2, 0.25) is 10.8 Å². The average molecular weight is 534 g/mol. The monoisotopic (exact) mass is 532 g/mol. The van der Waals surface area contributed by atoms with Crippen molar-refractivity contribution in [2.24, 2.45) is 0 Å². The molecule has 29 heavy (non-hydrogen) atoms. The number of para-hydroxylation sites is 1. The molecule has 0 unspecified atom stereocenters. The maximum atomic E-state index is 6.03. The standard InChI is InChI=1S/C20H14Br2N4O2S/c1-10-7-12(21)8-14(22)17(10)27-9-16-25-26-19(23-24-20(26)29-16)18-11(2)13-5-3-4-6-15(13)28-18/h3-8H,9H2,1-2H3. The lowest BCUT2D eigenvalue weighted by Crippen LogP contribution is -1.99. The van der Waals surface area contributed by atoms with Crippen molar-refractivity contribution in [3.8, 4) is 17.3 Å². The molecule has 0 aliphatic rings. The second-order valence-corrected chi connectivity index (χ2v) is 9.40. The Morgan fingerprint density at radius 2 is 1.97 bits per heavy atom. The number of aryl methyl sites for hydroxylation is 2. The second kappa shape index (κ2) is 7.23. The van der Waals surface area contributed by atoms with Gasteiger partial charge in [-0.1, -0.05) is 45.5 Å². The molecule has 0 saturated heterocycles. The van der Waals surface area contributed by atoms with Crippen molar-refractivity contribution < 1.29 is 9.15 Å². The van der Waals surface area contributed by atoms with Crippen LogP contribution >= 0.6 is 43.2 Å². The molecular formula is C20H14Br2N4O2S. The smallest absolute Gasteiger partial charge is 0.235 e. The maximum absolute atomic E-state index is 6.03. The van der Waals surface area contributed by atoms with Crippen LogP contribution in [0.1, 0.15) is 16.1 Å². The summed E-state index contributed by atoms with van der Waals surface area (Å²) in [7, 11) is 0. The quantitative estimate of drug-likeness (QED) is 0.270. The van der Waals surface area contributed by atoms with Crippen LogP contribution in [0.15, 0.2) is 49.8 Å². The van der Waals surface area contributed by atoms with Crippen molar-refractivity contribution in [2.45, 2.75) is 20.5 Å². The topological polar surface area (TPSA) is 65.5 Å². The van der Waals surface area contributed by atoms with E-state index in [-0.39, 0.29) is 0 Å². The molecule has 0 saturated carbocycles. The van der Waals surface area contributed by atoms with Crippen molar-refractivity contribution >= 4 is 59.1 Å². The van der Waals surface area contributed by atoms with E-state index < -0.39 is 0 Å². The third kappa shape index (κ3) is 3.27. The minimum Gasteiger partial charge on any atom is -0.485 e. The van der Waals surface area contributed by atoms with Gasteiger partial charge in [-0.15, -0.1) is 10.2 Å². The normalized spacial score (nSPS) is 11.6. The van der Waals surface area contributed by atoms with E-state index in [0.29, 0.717) is 23.2 Å². The molecule has 9 heteroatoms. The fourth-order valence-corrected chi connectivity index (χ4v) is 5.55. The Bertz CT molecular complexity index is 1350. The molecule has 0 fully saturated rings. The molecule has 0 bridgehead atoms. The van der Waals surface area contributed by atoms with E-state index in [4.69, 9.17) is 9.15 Å². The van der Waals surface area contributed by atoms with E-state index in [0.717, 1.165) is 41.8 Å². The highest BCUT2D eigenvalue weighted by atomic mass is 79.9. The molecule has 0 spiro atoms. The first-order chi connectivity index (χ1) is 14.0. The molecule has 5 aromatic rings. The Morgan fingerprint density at radius 3 is 2.76 bits per heavy atom. The molecule has 0 radical (unpaired) electrons. The molecule has 0 aliphatic heterocycles. The van der Waals surface area contributed by atoms with Crippen LogP contribution in [-0.4, -0.2) is 19.8 Å². The van der Waals surface area contributed by atoms with Gasteiger partial charge in [0.1, 0.15) is 17.9 Å². The average Bonchev–Trinajstić information content (AvgIpc) is 3.34. The summed E-state index contributed by atoms with van der Waals surface area (Å²) in [6.07, 6.45) is 0. The van der Waals surface area contributed by atoms with Crippen LogP contribution in [0.2, 0.25) is 0 Å². The van der Waals surface area contributed by atoms with Crippen LogP contribution in [0.5, 0.6) is 5.75 Å². The van der Waals surface area contributed by atoms with Gasteiger partial charge in [0.05, 0.1) is 4.47 Å². The van der Waals surface area contributed by atoms with Crippen LogP contribution in [0.4, 0.5) is 0 Å². The van der Waals surface area contributed by atoms with E-state index in [9.17, 15) is 0 Å². The highest BCUT2D eigenvalue weighted by Gasteiger charge is 2.20. The number of nitrogens with zero attached hydrogens (tertiary/aromatic N) is 4. The first kappa shape index (κ1) is 18.8. The van der Waals surface area contributed by atoms with E-state index in [1.54, 1.807) is 4.52 Å². The van der Waals surface area contributed by atoms with E-state index in [1.807, 2.05) is 50.2 Å². The summed E-state index contributed by atoms with van der Waals surface area (Å²) in [6, 6.07) is 11.9.